The van der Waals surface area contributed by atoms with E-state index < -0.39 is 64.4 Å². The van der Waals surface area contributed by atoms with Crippen LogP contribution in [0.3, 0.4) is 0 Å². The summed E-state index contributed by atoms with van der Waals surface area (Å²) in [6.07, 6.45) is 62.0. The summed E-state index contributed by atoms with van der Waals surface area (Å²) in [6.45, 7) is 4.17. The van der Waals surface area contributed by atoms with Gasteiger partial charge in [0.1, 0.15) is 12.7 Å². The standard InChI is InChI=1S/C58H93O11P/c1-4-7-10-13-16-19-22-25-27-30-32-35-38-41-44-47-56(60)65-51-55(69-58(62)49-46-43-40-37-34-31-28-26-23-20-17-14-11-8-5-2)53-67-70(63,64)66-52-54(50-59)68-57(61)48-45-42-39-36-33-29-24-21-18-15-12-9-6-3/h7-8,10-12,15-17,19-21,24-28,34,37,43,46,54-55,59H,4-6,9,13-14,18,22-23,29-33,35-36,38-42,44-45,47-53H2,1-3H3,(H,63,64)/b10-7-,11-8-,15-12-,19-16-,20-17-,24-21-,27-25-,28-26-,37-34-,46-43-. The second-order valence-corrected chi connectivity index (χ2v) is 18.4. The third-order valence-electron chi connectivity index (χ3n) is 10.4. The third kappa shape index (κ3) is 48.9. The highest BCUT2D eigenvalue weighted by Crippen LogP contribution is 2.43. The van der Waals surface area contributed by atoms with Gasteiger partial charge in [-0.15, -0.1) is 0 Å². The summed E-state index contributed by atoms with van der Waals surface area (Å²) in [5, 5.41) is 9.78. The molecule has 0 aliphatic rings. The van der Waals surface area contributed by atoms with Crippen LogP contribution in [0.1, 0.15) is 188 Å². The first-order valence-electron chi connectivity index (χ1n) is 26.4. The lowest BCUT2D eigenvalue weighted by Gasteiger charge is -2.21. The second-order valence-electron chi connectivity index (χ2n) is 16.9. The van der Waals surface area contributed by atoms with Gasteiger partial charge in [0, 0.05) is 12.8 Å². The van der Waals surface area contributed by atoms with Gasteiger partial charge in [-0.25, -0.2) is 4.57 Å². The minimum atomic E-state index is -4.78. The second kappa shape index (κ2) is 51.2. The Labute approximate surface area is 424 Å². The van der Waals surface area contributed by atoms with Gasteiger partial charge in [0.2, 0.25) is 0 Å². The number of phosphoric ester groups is 1. The maximum absolute atomic E-state index is 12.9. The smallest absolute Gasteiger partial charge is 0.462 e. The van der Waals surface area contributed by atoms with Crippen LogP contribution in [0.5, 0.6) is 0 Å². The van der Waals surface area contributed by atoms with E-state index in [0.717, 1.165) is 128 Å². The Morgan fingerprint density at radius 2 is 0.800 bits per heavy atom. The van der Waals surface area contributed by atoms with Crippen molar-refractivity contribution in [1.29, 1.82) is 0 Å². The minimum absolute atomic E-state index is 0.0757. The van der Waals surface area contributed by atoms with E-state index in [1.54, 1.807) is 6.08 Å². The van der Waals surface area contributed by atoms with Crippen molar-refractivity contribution in [3.8, 4) is 0 Å². The van der Waals surface area contributed by atoms with Crippen molar-refractivity contribution in [2.45, 2.75) is 200 Å². The predicted molar refractivity (Wildman–Crippen MR) is 288 cm³/mol. The van der Waals surface area contributed by atoms with Crippen LogP contribution in [0.15, 0.2) is 122 Å². The van der Waals surface area contributed by atoms with Crippen molar-refractivity contribution in [2.75, 3.05) is 26.4 Å². The van der Waals surface area contributed by atoms with Crippen LogP contribution in [0.2, 0.25) is 0 Å². The van der Waals surface area contributed by atoms with E-state index in [2.05, 4.69) is 118 Å². The van der Waals surface area contributed by atoms with Crippen LogP contribution in [-0.4, -0.2) is 66.5 Å². The Morgan fingerprint density at radius 3 is 1.26 bits per heavy atom. The number of rotatable bonds is 47. The van der Waals surface area contributed by atoms with Gasteiger partial charge in [0.05, 0.1) is 26.2 Å². The maximum atomic E-state index is 12.9. The molecule has 0 radical (unpaired) electrons. The molecule has 0 bridgehead atoms. The number of carbonyl (C=O) groups excluding carboxylic acids is 3. The van der Waals surface area contributed by atoms with Crippen LogP contribution < -0.4 is 0 Å². The van der Waals surface area contributed by atoms with E-state index in [-0.39, 0.29) is 19.3 Å². The summed E-state index contributed by atoms with van der Waals surface area (Å²) in [5.41, 5.74) is 0. The number of unbranched alkanes of at least 4 members (excludes halogenated alkanes) is 11. The molecule has 0 heterocycles. The first-order valence-corrected chi connectivity index (χ1v) is 27.9. The lowest BCUT2D eigenvalue weighted by Crippen LogP contribution is -2.30. The molecule has 0 fully saturated rings. The number of aliphatic hydroxyl groups is 1. The zero-order valence-electron chi connectivity index (χ0n) is 43.4. The fourth-order valence-electron chi connectivity index (χ4n) is 6.42. The number of hydrogen-bond donors (Lipinski definition) is 2. The van der Waals surface area contributed by atoms with E-state index in [0.29, 0.717) is 19.3 Å². The fourth-order valence-corrected chi connectivity index (χ4v) is 7.21. The van der Waals surface area contributed by atoms with E-state index in [1.165, 1.54) is 0 Å². The zero-order chi connectivity index (χ0) is 51.3. The Hall–Kier alpha value is -4.12. The molecular formula is C58H93O11P. The quantitative estimate of drug-likeness (QED) is 0.0197. The number of allylic oxidation sites excluding steroid dienone is 19. The Balaban J connectivity index is 4.91. The van der Waals surface area contributed by atoms with E-state index >= 15 is 0 Å². The zero-order valence-corrected chi connectivity index (χ0v) is 44.3. The van der Waals surface area contributed by atoms with Gasteiger partial charge < -0.3 is 24.2 Å². The maximum Gasteiger partial charge on any atom is 0.472 e. The van der Waals surface area contributed by atoms with Crippen LogP contribution in [0.4, 0.5) is 0 Å². The summed E-state index contributed by atoms with van der Waals surface area (Å²) < 4.78 is 39.2. The number of esters is 3. The summed E-state index contributed by atoms with van der Waals surface area (Å²) >= 11 is 0. The number of hydrogen-bond acceptors (Lipinski definition) is 10. The van der Waals surface area contributed by atoms with Gasteiger partial charge in [-0.3, -0.25) is 23.4 Å². The minimum Gasteiger partial charge on any atom is -0.462 e. The van der Waals surface area contributed by atoms with Gasteiger partial charge >= 0.3 is 25.7 Å². The summed E-state index contributed by atoms with van der Waals surface area (Å²) in [5.74, 6) is -1.67. The normalized spacial score (nSPS) is 14.4. The molecule has 2 N–H and O–H groups in total. The van der Waals surface area contributed by atoms with E-state index in [9.17, 15) is 28.9 Å². The summed E-state index contributed by atoms with van der Waals surface area (Å²) in [7, 11) is -4.78. The Bertz CT molecular complexity index is 1630. The molecule has 0 aromatic rings. The molecule has 70 heavy (non-hydrogen) atoms. The highest BCUT2D eigenvalue weighted by molar-refractivity contribution is 7.47. The van der Waals surface area contributed by atoms with E-state index in [4.69, 9.17) is 23.3 Å². The number of ether oxygens (including phenoxy) is 3. The van der Waals surface area contributed by atoms with Crippen molar-refractivity contribution >= 4 is 25.7 Å². The SMILES string of the molecule is CC/C=C\C/C=C\C/C=C\C/C=C\C/C=C\CC(=O)OC(COC(=O)CCCCCCC/C=C\C/C=C\C/C=C\CC)COP(=O)(O)OCC(CO)OC(=O)CCCCCCC/C=C\C/C=C\CCC. The molecule has 0 saturated carbocycles. The van der Waals surface area contributed by atoms with E-state index in [1.807, 2.05) is 18.2 Å². The molecule has 0 aliphatic carbocycles. The van der Waals surface area contributed by atoms with Gasteiger partial charge in [-0.2, -0.15) is 0 Å². The number of phosphoric acid groups is 1. The average molecular weight is 997 g/mol. The highest BCUT2D eigenvalue weighted by Gasteiger charge is 2.28. The van der Waals surface area contributed by atoms with Crippen molar-refractivity contribution in [2.24, 2.45) is 0 Å². The molecule has 3 atom stereocenters. The lowest BCUT2D eigenvalue weighted by molar-refractivity contribution is -0.160. The van der Waals surface area contributed by atoms with Crippen LogP contribution in [-0.2, 0) is 42.2 Å². The molecule has 3 unspecified atom stereocenters. The molecule has 0 spiro atoms. The molecule has 0 aromatic heterocycles. The number of aliphatic hydroxyl groups excluding tert-OH is 1. The lowest BCUT2D eigenvalue weighted by atomic mass is 10.1. The molecule has 0 aromatic carbocycles. The monoisotopic (exact) mass is 997 g/mol. The molecule has 396 valence electrons. The summed E-state index contributed by atoms with van der Waals surface area (Å²) in [4.78, 5) is 48.3. The van der Waals surface area contributed by atoms with Crippen molar-refractivity contribution in [3.63, 3.8) is 0 Å². The molecule has 0 saturated heterocycles. The molecule has 0 aliphatic heterocycles. The van der Waals surface area contributed by atoms with Crippen molar-refractivity contribution < 1.29 is 52.2 Å². The Kier molecular flexibility index (Phi) is 48.2. The Morgan fingerprint density at radius 1 is 0.429 bits per heavy atom. The first kappa shape index (κ1) is 65.9. The highest BCUT2D eigenvalue weighted by atomic mass is 31.2. The van der Waals surface area contributed by atoms with Gasteiger partial charge in [0.15, 0.2) is 6.10 Å². The molecule has 12 heteroatoms. The van der Waals surface area contributed by atoms with Crippen molar-refractivity contribution in [3.05, 3.63) is 122 Å². The first-order chi connectivity index (χ1) is 34.2. The largest absolute Gasteiger partial charge is 0.472 e. The van der Waals surface area contributed by atoms with Gasteiger partial charge in [-0.1, -0.05) is 187 Å². The van der Waals surface area contributed by atoms with Crippen LogP contribution >= 0.6 is 7.82 Å². The summed E-state index contributed by atoms with van der Waals surface area (Å²) in [6, 6.07) is 0. The van der Waals surface area contributed by atoms with Crippen molar-refractivity contribution in [1.82, 2.24) is 0 Å². The van der Waals surface area contributed by atoms with Gasteiger partial charge in [0.25, 0.3) is 0 Å². The average Bonchev–Trinajstić information content (AvgIpc) is 3.35. The number of carbonyl (C=O) groups is 3. The molecule has 0 amide bonds. The fraction of sp³-hybridized carbons (Fsp3) is 0.603. The molecular weight excluding hydrogens is 904 g/mol. The third-order valence-corrected chi connectivity index (χ3v) is 11.3. The topological polar surface area (TPSA) is 155 Å². The molecule has 11 nitrogen and oxygen atoms in total. The van der Waals surface area contributed by atoms with Crippen LogP contribution in [0.25, 0.3) is 0 Å². The van der Waals surface area contributed by atoms with Gasteiger partial charge in [-0.05, 0) is 103 Å². The predicted octanol–water partition coefficient (Wildman–Crippen LogP) is 15.2. The molecule has 0 rings (SSSR count). The van der Waals surface area contributed by atoms with Crippen LogP contribution in [0, 0.1) is 0 Å².